The molecule has 0 spiro atoms. The van der Waals surface area contributed by atoms with Crippen molar-refractivity contribution in [2.24, 2.45) is 0 Å². The van der Waals surface area contributed by atoms with Crippen molar-refractivity contribution in [3.63, 3.8) is 0 Å². The first-order valence-electron chi connectivity index (χ1n) is 5.85. The fraction of sp³-hybridized carbons (Fsp3) is 0.462. The average Bonchev–Trinajstić information content (AvgIpc) is 2.33. The molecule has 0 radical (unpaired) electrons. The molecule has 0 bridgehead atoms. The molecule has 0 aliphatic heterocycles. The van der Waals surface area contributed by atoms with Crippen LogP contribution in [0.3, 0.4) is 0 Å². The second-order valence-corrected chi connectivity index (χ2v) is 4.34. The Hall–Kier alpha value is -1.35. The number of hydrogen-bond donors (Lipinski definition) is 1. The number of nitrogens with zero attached hydrogens (tertiary/aromatic N) is 1. The summed E-state index contributed by atoms with van der Waals surface area (Å²) in [6, 6.07) is 0.174. The molecule has 3 nitrogen and oxygen atoms in total. The van der Waals surface area contributed by atoms with E-state index < -0.39 is 0 Å². The first-order chi connectivity index (χ1) is 7.77. The van der Waals surface area contributed by atoms with Gasteiger partial charge in [0.2, 0.25) is 0 Å². The van der Waals surface area contributed by atoms with Crippen LogP contribution in [0.4, 0.5) is 0 Å². The smallest absolute Gasteiger partial charge is 0.187 e. The quantitative estimate of drug-likeness (QED) is 0.573. The van der Waals surface area contributed by atoms with E-state index in [1.165, 1.54) is 17.6 Å². The third kappa shape index (κ3) is 2.61. The molecule has 86 valence electrons. The number of allylic oxidation sites excluding steroid dienone is 5. The van der Waals surface area contributed by atoms with Crippen LogP contribution in [0.25, 0.3) is 0 Å². The fourth-order valence-corrected chi connectivity index (χ4v) is 2.18. The summed E-state index contributed by atoms with van der Waals surface area (Å²) in [6.07, 6.45) is 13.9. The summed E-state index contributed by atoms with van der Waals surface area (Å²) in [4.78, 5) is 11.5. The van der Waals surface area contributed by atoms with Gasteiger partial charge in [0.25, 0.3) is 0 Å². The SMILES string of the molecule is O=C1C=CC=CC1=CN(O)C1CCCCC1. The molecule has 3 heteroatoms. The molecular formula is C13H17NO2. The summed E-state index contributed by atoms with van der Waals surface area (Å²) in [7, 11) is 0. The van der Waals surface area contributed by atoms with Gasteiger partial charge in [0.05, 0.1) is 6.04 Å². The maximum absolute atomic E-state index is 11.5. The molecule has 1 fully saturated rings. The van der Waals surface area contributed by atoms with E-state index in [1.807, 2.05) is 6.08 Å². The molecule has 0 amide bonds. The topological polar surface area (TPSA) is 40.5 Å². The van der Waals surface area contributed by atoms with Crippen LogP contribution in [0.1, 0.15) is 32.1 Å². The van der Waals surface area contributed by atoms with E-state index >= 15 is 0 Å². The summed E-state index contributed by atoms with van der Waals surface area (Å²) < 4.78 is 0. The maximum Gasteiger partial charge on any atom is 0.187 e. The molecule has 2 aliphatic carbocycles. The lowest BCUT2D eigenvalue weighted by Crippen LogP contribution is -2.30. The Morgan fingerprint density at radius 1 is 1.19 bits per heavy atom. The number of ketones is 1. The van der Waals surface area contributed by atoms with Gasteiger partial charge in [-0.2, -0.15) is 0 Å². The zero-order valence-electron chi connectivity index (χ0n) is 9.30. The number of hydroxylamine groups is 2. The zero-order valence-corrected chi connectivity index (χ0v) is 9.30. The Bertz CT molecular complexity index is 349. The van der Waals surface area contributed by atoms with Crippen molar-refractivity contribution < 1.29 is 10.0 Å². The van der Waals surface area contributed by atoms with Crippen LogP contribution in [0.2, 0.25) is 0 Å². The summed E-state index contributed by atoms with van der Waals surface area (Å²) >= 11 is 0. The molecule has 2 aliphatic rings. The Morgan fingerprint density at radius 2 is 1.88 bits per heavy atom. The fourth-order valence-electron chi connectivity index (χ4n) is 2.18. The summed E-state index contributed by atoms with van der Waals surface area (Å²) in [5, 5.41) is 11.1. The van der Waals surface area contributed by atoms with Crippen LogP contribution in [-0.4, -0.2) is 22.1 Å². The van der Waals surface area contributed by atoms with Gasteiger partial charge in [-0.05, 0) is 25.0 Å². The van der Waals surface area contributed by atoms with Gasteiger partial charge < -0.3 is 0 Å². The minimum atomic E-state index is -0.0441. The highest BCUT2D eigenvalue weighted by molar-refractivity contribution is 6.07. The highest BCUT2D eigenvalue weighted by atomic mass is 16.5. The number of rotatable bonds is 2. The first kappa shape index (κ1) is 11.1. The van der Waals surface area contributed by atoms with Crippen LogP contribution in [0.15, 0.2) is 36.1 Å². The van der Waals surface area contributed by atoms with Gasteiger partial charge in [-0.1, -0.05) is 31.4 Å². The number of hydrogen-bond acceptors (Lipinski definition) is 3. The molecule has 2 rings (SSSR count). The molecular weight excluding hydrogens is 202 g/mol. The minimum Gasteiger partial charge on any atom is -0.289 e. The lowest BCUT2D eigenvalue weighted by molar-refractivity contribution is -0.112. The van der Waals surface area contributed by atoms with Crippen LogP contribution in [0.5, 0.6) is 0 Å². The van der Waals surface area contributed by atoms with E-state index in [9.17, 15) is 10.0 Å². The van der Waals surface area contributed by atoms with E-state index in [0.29, 0.717) is 5.57 Å². The second kappa shape index (κ2) is 5.12. The molecule has 0 aromatic heterocycles. The van der Waals surface area contributed by atoms with Crippen LogP contribution in [-0.2, 0) is 4.79 Å². The molecule has 0 heterocycles. The molecule has 16 heavy (non-hydrogen) atoms. The molecule has 0 aromatic rings. The van der Waals surface area contributed by atoms with Gasteiger partial charge in [-0.15, -0.1) is 0 Å². The lowest BCUT2D eigenvalue weighted by Gasteiger charge is -2.28. The van der Waals surface area contributed by atoms with Gasteiger partial charge in [-0.3, -0.25) is 15.1 Å². The zero-order chi connectivity index (χ0) is 11.4. The molecule has 0 aromatic carbocycles. The molecule has 1 saturated carbocycles. The number of carbonyl (C=O) groups is 1. The van der Waals surface area contributed by atoms with Crippen molar-refractivity contribution in [3.05, 3.63) is 36.1 Å². The predicted octanol–water partition coefficient (Wildman–Crippen LogP) is 2.59. The van der Waals surface area contributed by atoms with Gasteiger partial charge in [0, 0.05) is 11.8 Å². The Labute approximate surface area is 95.7 Å². The monoisotopic (exact) mass is 219 g/mol. The van der Waals surface area contributed by atoms with E-state index in [2.05, 4.69) is 0 Å². The normalized spacial score (nSPS) is 24.1. The molecule has 0 atom stereocenters. The average molecular weight is 219 g/mol. The van der Waals surface area contributed by atoms with E-state index in [-0.39, 0.29) is 11.8 Å². The predicted molar refractivity (Wildman–Crippen MR) is 61.9 cm³/mol. The van der Waals surface area contributed by atoms with E-state index in [1.54, 1.807) is 18.4 Å². The van der Waals surface area contributed by atoms with Gasteiger partial charge in [-0.25, -0.2) is 0 Å². The van der Waals surface area contributed by atoms with Gasteiger partial charge in [0.15, 0.2) is 5.78 Å². The van der Waals surface area contributed by atoms with Crippen molar-refractivity contribution in [3.8, 4) is 0 Å². The Kier molecular flexibility index (Phi) is 3.57. The summed E-state index contributed by atoms with van der Waals surface area (Å²) in [6.45, 7) is 0. The Balaban J connectivity index is 2.02. The van der Waals surface area contributed by atoms with Crippen molar-refractivity contribution in [1.29, 1.82) is 0 Å². The van der Waals surface area contributed by atoms with Gasteiger partial charge >= 0.3 is 0 Å². The van der Waals surface area contributed by atoms with Crippen molar-refractivity contribution in [2.45, 2.75) is 38.1 Å². The highest BCUT2D eigenvalue weighted by Gasteiger charge is 2.18. The van der Waals surface area contributed by atoms with Crippen LogP contribution >= 0.6 is 0 Å². The standard InChI is InChI=1S/C13H17NO2/c15-13-9-5-4-6-11(13)10-14(16)12-7-2-1-3-8-12/h4-6,9-10,12,16H,1-3,7-8H2. The summed E-state index contributed by atoms with van der Waals surface area (Å²) in [5.41, 5.74) is 0.551. The van der Waals surface area contributed by atoms with Crippen LogP contribution in [0, 0.1) is 0 Å². The van der Waals surface area contributed by atoms with Crippen LogP contribution < -0.4 is 0 Å². The first-order valence-corrected chi connectivity index (χ1v) is 5.85. The third-order valence-corrected chi connectivity index (χ3v) is 3.14. The van der Waals surface area contributed by atoms with Crippen molar-refractivity contribution >= 4 is 5.78 Å². The second-order valence-electron chi connectivity index (χ2n) is 4.34. The molecule has 0 unspecified atom stereocenters. The largest absolute Gasteiger partial charge is 0.289 e. The van der Waals surface area contributed by atoms with Crippen molar-refractivity contribution in [1.82, 2.24) is 5.06 Å². The third-order valence-electron chi connectivity index (χ3n) is 3.14. The minimum absolute atomic E-state index is 0.0441. The maximum atomic E-state index is 11.5. The lowest BCUT2D eigenvalue weighted by atomic mass is 9.95. The highest BCUT2D eigenvalue weighted by Crippen LogP contribution is 2.22. The van der Waals surface area contributed by atoms with E-state index in [0.717, 1.165) is 25.7 Å². The van der Waals surface area contributed by atoms with Gasteiger partial charge in [0.1, 0.15) is 0 Å². The molecule has 1 N–H and O–H groups in total. The Morgan fingerprint density at radius 3 is 2.56 bits per heavy atom. The molecule has 0 saturated heterocycles. The van der Waals surface area contributed by atoms with Crippen molar-refractivity contribution in [2.75, 3.05) is 0 Å². The summed E-state index contributed by atoms with van der Waals surface area (Å²) in [5.74, 6) is -0.0441. The number of carbonyl (C=O) groups excluding carboxylic acids is 1. The van der Waals surface area contributed by atoms with E-state index in [4.69, 9.17) is 0 Å².